The molecular formula is C12H19N3O6. The highest BCUT2D eigenvalue weighted by Gasteiger charge is 2.54. The molecule has 1 saturated heterocycles. The van der Waals surface area contributed by atoms with E-state index >= 15 is 0 Å². The number of hydroxylamine groups is 1. The normalized spacial score (nSPS) is 18.9. The Bertz CT molecular complexity index is 472. The van der Waals surface area contributed by atoms with Crippen LogP contribution >= 0.6 is 0 Å². The number of urea groups is 1. The molecule has 0 aromatic carbocycles. The zero-order chi connectivity index (χ0) is 16.6. The van der Waals surface area contributed by atoms with Crippen molar-refractivity contribution < 1.29 is 28.8 Å². The Morgan fingerprint density at radius 1 is 1.10 bits per heavy atom. The van der Waals surface area contributed by atoms with Crippen LogP contribution in [0.3, 0.4) is 0 Å². The number of hydrogen-bond acceptors (Lipinski definition) is 6. The second-order valence-corrected chi connectivity index (χ2v) is 5.75. The Morgan fingerprint density at radius 2 is 1.52 bits per heavy atom. The van der Waals surface area contributed by atoms with E-state index in [9.17, 15) is 19.2 Å². The summed E-state index contributed by atoms with van der Waals surface area (Å²) in [5.41, 5.74) is -0.900. The molecular weight excluding hydrogens is 282 g/mol. The Balaban J connectivity index is 2.84. The first-order valence-electron chi connectivity index (χ1n) is 6.17. The largest absolute Gasteiger partial charge is 0.442 e. The van der Waals surface area contributed by atoms with Gasteiger partial charge in [0, 0.05) is 14.1 Å². The van der Waals surface area contributed by atoms with Crippen molar-refractivity contribution in [3.8, 4) is 0 Å². The number of ether oxygens (including phenoxy) is 1. The number of nitrogens with one attached hydrogen (secondary N) is 1. The van der Waals surface area contributed by atoms with Crippen LogP contribution in [-0.2, 0) is 19.2 Å². The minimum Gasteiger partial charge on any atom is -0.442 e. The second kappa shape index (κ2) is 5.32. The minimum atomic E-state index is -2.03. The number of nitrogens with zero attached hydrogens (tertiary/aromatic N) is 2. The van der Waals surface area contributed by atoms with E-state index in [2.05, 4.69) is 0 Å². The molecule has 0 aromatic rings. The highest BCUT2D eigenvalue weighted by Crippen LogP contribution is 2.22. The van der Waals surface area contributed by atoms with Gasteiger partial charge in [-0.3, -0.25) is 19.4 Å². The van der Waals surface area contributed by atoms with E-state index in [1.54, 1.807) is 20.8 Å². The molecule has 0 saturated carbocycles. The van der Waals surface area contributed by atoms with Crippen molar-refractivity contribution in [3.05, 3.63) is 0 Å². The van der Waals surface area contributed by atoms with Gasteiger partial charge in [0.1, 0.15) is 5.60 Å². The van der Waals surface area contributed by atoms with Crippen LogP contribution < -0.4 is 5.48 Å². The van der Waals surface area contributed by atoms with Gasteiger partial charge in [-0.15, -0.1) is 0 Å². The van der Waals surface area contributed by atoms with Crippen LogP contribution in [0.5, 0.6) is 0 Å². The quantitative estimate of drug-likeness (QED) is 0.579. The zero-order valence-electron chi connectivity index (χ0n) is 12.8. The molecule has 21 heavy (non-hydrogen) atoms. The SMILES string of the molecule is CN1C(=O)N(C)C(=O)C(C)(ONC(=O)OC(C)(C)C)C1=O. The molecule has 9 nitrogen and oxygen atoms in total. The minimum absolute atomic E-state index is 0.734. The van der Waals surface area contributed by atoms with Gasteiger partial charge in [-0.05, 0) is 27.7 Å². The molecule has 1 rings (SSSR count). The number of carbonyl (C=O) groups excluding carboxylic acids is 4. The van der Waals surface area contributed by atoms with Crippen molar-refractivity contribution in [1.82, 2.24) is 15.3 Å². The molecule has 1 heterocycles. The number of carbonyl (C=O) groups is 4. The Labute approximate surface area is 122 Å². The van der Waals surface area contributed by atoms with E-state index in [1.807, 2.05) is 5.48 Å². The van der Waals surface area contributed by atoms with Crippen LogP contribution in [0.4, 0.5) is 9.59 Å². The maximum absolute atomic E-state index is 12.1. The summed E-state index contributed by atoms with van der Waals surface area (Å²) in [6.07, 6.45) is -0.952. The summed E-state index contributed by atoms with van der Waals surface area (Å²) in [6, 6.07) is -0.775. The van der Waals surface area contributed by atoms with Gasteiger partial charge in [0.05, 0.1) is 0 Å². The lowest BCUT2D eigenvalue weighted by Crippen LogP contribution is -2.68. The molecule has 0 bridgehead atoms. The summed E-state index contributed by atoms with van der Waals surface area (Å²) in [4.78, 5) is 53.6. The predicted molar refractivity (Wildman–Crippen MR) is 69.8 cm³/mol. The fourth-order valence-corrected chi connectivity index (χ4v) is 1.66. The smallest absolute Gasteiger partial charge is 0.431 e. The number of hydrogen-bond donors (Lipinski definition) is 1. The summed E-state index contributed by atoms with van der Waals surface area (Å²) < 4.78 is 4.93. The molecule has 0 spiro atoms. The van der Waals surface area contributed by atoms with Gasteiger partial charge in [0.15, 0.2) is 0 Å². The fourth-order valence-electron chi connectivity index (χ4n) is 1.66. The average molecular weight is 301 g/mol. The van der Waals surface area contributed by atoms with Crippen molar-refractivity contribution in [2.24, 2.45) is 0 Å². The number of barbiturate groups is 1. The van der Waals surface area contributed by atoms with Gasteiger partial charge in [-0.1, -0.05) is 0 Å². The summed E-state index contributed by atoms with van der Waals surface area (Å²) in [7, 11) is 2.42. The molecule has 5 amide bonds. The fraction of sp³-hybridized carbons (Fsp3) is 0.667. The van der Waals surface area contributed by atoms with Gasteiger partial charge in [0.2, 0.25) is 5.60 Å². The monoisotopic (exact) mass is 301 g/mol. The number of amides is 5. The number of rotatable bonds is 2. The van der Waals surface area contributed by atoms with Crippen molar-refractivity contribution >= 4 is 23.9 Å². The molecule has 118 valence electrons. The molecule has 1 fully saturated rings. The number of likely N-dealkylation sites (N-methyl/N-ethyl adjacent to an activating group) is 2. The van der Waals surface area contributed by atoms with Crippen LogP contribution in [0.2, 0.25) is 0 Å². The topological polar surface area (TPSA) is 105 Å². The van der Waals surface area contributed by atoms with E-state index in [1.165, 1.54) is 14.1 Å². The van der Waals surface area contributed by atoms with E-state index in [-0.39, 0.29) is 0 Å². The molecule has 0 atom stereocenters. The van der Waals surface area contributed by atoms with Crippen molar-refractivity contribution in [1.29, 1.82) is 0 Å². The lowest BCUT2D eigenvalue weighted by Gasteiger charge is -2.38. The third kappa shape index (κ3) is 3.30. The summed E-state index contributed by atoms with van der Waals surface area (Å²) in [5.74, 6) is -1.77. The average Bonchev–Trinajstić information content (AvgIpc) is 2.37. The first-order valence-corrected chi connectivity index (χ1v) is 6.17. The molecule has 0 aliphatic carbocycles. The maximum Gasteiger partial charge on any atom is 0.431 e. The third-order valence-electron chi connectivity index (χ3n) is 2.74. The first-order chi connectivity index (χ1) is 9.40. The highest BCUT2D eigenvalue weighted by atomic mass is 16.7. The molecule has 1 aliphatic heterocycles. The standard InChI is InChI=1S/C12H19N3O6/c1-11(2,3)20-9(18)13-21-12(4)7(16)14(5)10(19)15(6)8(12)17/h1-6H3,(H,13,18). The predicted octanol–water partition coefficient (Wildman–Crippen LogP) is 0.252. The van der Waals surface area contributed by atoms with Gasteiger partial charge in [0.25, 0.3) is 11.8 Å². The van der Waals surface area contributed by atoms with E-state index in [0.29, 0.717) is 0 Å². The Morgan fingerprint density at radius 3 is 1.90 bits per heavy atom. The highest BCUT2D eigenvalue weighted by molar-refractivity contribution is 6.20. The van der Waals surface area contributed by atoms with Crippen LogP contribution in [-0.4, -0.2) is 59.0 Å². The van der Waals surface area contributed by atoms with Gasteiger partial charge in [-0.25, -0.2) is 14.4 Å². The molecule has 1 aliphatic rings. The maximum atomic E-state index is 12.1. The van der Waals surface area contributed by atoms with Gasteiger partial charge < -0.3 is 4.74 Å². The zero-order valence-corrected chi connectivity index (χ0v) is 12.8. The Hall–Kier alpha value is -2.16. The second-order valence-electron chi connectivity index (χ2n) is 5.75. The van der Waals surface area contributed by atoms with Crippen LogP contribution in [0.25, 0.3) is 0 Å². The molecule has 9 heteroatoms. The lowest BCUT2D eigenvalue weighted by molar-refractivity contribution is -0.180. The van der Waals surface area contributed by atoms with Crippen LogP contribution in [0.15, 0.2) is 0 Å². The van der Waals surface area contributed by atoms with E-state index in [4.69, 9.17) is 9.57 Å². The van der Waals surface area contributed by atoms with Crippen molar-refractivity contribution in [2.45, 2.75) is 38.9 Å². The molecule has 0 radical (unpaired) electrons. The summed E-state index contributed by atoms with van der Waals surface area (Å²) in [5, 5.41) is 0. The van der Waals surface area contributed by atoms with Gasteiger partial charge >= 0.3 is 12.1 Å². The first kappa shape index (κ1) is 16.9. The van der Waals surface area contributed by atoms with Crippen LogP contribution in [0, 0.1) is 0 Å². The van der Waals surface area contributed by atoms with Crippen molar-refractivity contribution in [2.75, 3.05) is 14.1 Å². The third-order valence-corrected chi connectivity index (χ3v) is 2.74. The molecule has 0 unspecified atom stereocenters. The van der Waals surface area contributed by atoms with Gasteiger partial charge in [-0.2, -0.15) is 5.48 Å². The molecule has 1 N–H and O–H groups in total. The molecule has 0 aromatic heterocycles. The van der Waals surface area contributed by atoms with E-state index in [0.717, 1.165) is 16.7 Å². The number of imide groups is 2. The summed E-state index contributed by atoms with van der Waals surface area (Å²) in [6.45, 7) is 6.09. The van der Waals surface area contributed by atoms with Crippen molar-refractivity contribution in [3.63, 3.8) is 0 Å². The lowest BCUT2D eigenvalue weighted by atomic mass is 10.0. The Kier molecular flexibility index (Phi) is 4.28. The van der Waals surface area contributed by atoms with Crippen LogP contribution in [0.1, 0.15) is 27.7 Å². The van der Waals surface area contributed by atoms with E-state index < -0.39 is 35.1 Å². The summed E-state index contributed by atoms with van der Waals surface area (Å²) >= 11 is 0.